The summed E-state index contributed by atoms with van der Waals surface area (Å²) in [6.45, 7) is 10.4. The Balaban J connectivity index is 4.26. The fourth-order valence-electron chi connectivity index (χ4n) is 0.824. The zero-order valence-corrected chi connectivity index (χ0v) is 8.62. The molecule has 0 heterocycles. The summed E-state index contributed by atoms with van der Waals surface area (Å²) in [5.74, 6) is 4.38. The average Bonchev–Trinajstić information content (AvgIpc) is 2.05. The number of rotatable bonds is 4. The van der Waals surface area contributed by atoms with Gasteiger partial charge in [0.25, 0.3) is 0 Å². The first-order chi connectivity index (χ1) is 5.26. The van der Waals surface area contributed by atoms with Gasteiger partial charge in [0.1, 0.15) is 0 Å². The van der Waals surface area contributed by atoms with Crippen LogP contribution in [0.1, 0.15) is 33.6 Å². The molecule has 0 nitrogen and oxygen atoms in total. The number of hydrogen-bond acceptors (Lipinski definition) is 0. The molecule has 11 heavy (non-hydrogen) atoms. The molecule has 0 aromatic carbocycles. The molecule has 0 saturated heterocycles. The van der Waals surface area contributed by atoms with Gasteiger partial charge in [0.05, 0.1) is 0 Å². The molecular weight excluding hydrogens is 151 g/mol. The Labute approximate surface area is 71.8 Å². The third-order valence-corrected chi connectivity index (χ3v) is 2.40. The van der Waals surface area contributed by atoms with Gasteiger partial charge < -0.3 is 0 Å². The summed E-state index contributed by atoms with van der Waals surface area (Å²) < 4.78 is 0. The third kappa shape index (κ3) is 4.16. The van der Waals surface area contributed by atoms with Gasteiger partial charge in [0.2, 0.25) is 0 Å². The summed E-state index contributed by atoms with van der Waals surface area (Å²) in [4.78, 5) is 0. The molecule has 0 aromatic rings. The van der Waals surface area contributed by atoms with Crippen LogP contribution in [0.15, 0.2) is 23.5 Å². The average molecular weight is 168 g/mol. The molecule has 0 amide bonds. The van der Waals surface area contributed by atoms with Crippen LogP contribution in [0, 0.1) is 0 Å². The lowest BCUT2D eigenvalue weighted by atomic mass is 10.1. The summed E-state index contributed by atoms with van der Waals surface area (Å²) in [5.41, 5.74) is 2.69. The van der Waals surface area contributed by atoms with Gasteiger partial charge in [-0.1, -0.05) is 40.0 Å². The van der Waals surface area contributed by atoms with Crippen molar-refractivity contribution < 1.29 is 0 Å². The molecule has 0 spiro atoms. The van der Waals surface area contributed by atoms with Crippen molar-refractivity contribution in [2.24, 2.45) is 0 Å². The molecule has 0 aliphatic carbocycles. The van der Waals surface area contributed by atoms with Gasteiger partial charge in [0, 0.05) is 0 Å². The van der Waals surface area contributed by atoms with Crippen LogP contribution in [0.5, 0.6) is 0 Å². The monoisotopic (exact) mass is 168 g/mol. The second-order valence-corrected chi connectivity index (χ2v) is 3.45. The summed E-state index contributed by atoms with van der Waals surface area (Å²) >= 11 is 0. The predicted octanol–water partition coefficient (Wildman–Crippen LogP) is 4.01. The molecule has 1 heteroatoms. The summed E-state index contributed by atoms with van der Waals surface area (Å²) in [5, 5.41) is 0. The van der Waals surface area contributed by atoms with E-state index >= 15 is 0 Å². The van der Waals surface area contributed by atoms with Gasteiger partial charge in [-0.05, 0) is 31.2 Å². The second-order valence-electron chi connectivity index (χ2n) is 2.37. The van der Waals surface area contributed by atoms with Crippen LogP contribution in [-0.4, -0.2) is 5.80 Å². The minimum Gasteiger partial charge on any atom is -0.0956 e. The van der Waals surface area contributed by atoms with Crippen molar-refractivity contribution in [1.82, 2.24) is 0 Å². The highest BCUT2D eigenvalue weighted by atomic mass is 31.1. The van der Waals surface area contributed by atoms with Crippen LogP contribution in [0.3, 0.4) is 0 Å². The number of allylic oxidation sites excluding steroid dienone is 2. The molecule has 0 rings (SSSR count). The lowest BCUT2D eigenvalue weighted by molar-refractivity contribution is 1.04. The van der Waals surface area contributed by atoms with E-state index in [1.165, 1.54) is 19.4 Å². The van der Waals surface area contributed by atoms with Crippen molar-refractivity contribution in [2.75, 3.05) is 0 Å². The first kappa shape index (κ1) is 10.7. The standard InChI is InChI=1S/C10H17P/c1-5-9(4)10(6-2)8-11-7-3/h7-8H,4-6H2,1-3H3/b10-8-. The Morgan fingerprint density at radius 1 is 1.36 bits per heavy atom. The van der Waals surface area contributed by atoms with Crippen molar-refractivity contribution in [3.05, 3.63) is 23.5 Å². The van der Waals surface area contributed by atoms with Crippen molar-refractivity contribution in [1.29, 1.82) is 0 Å². The van der Waals surface area contributed by atoms with E-state index in [1.54, 1.807) is 0 Å². The van der Waals surface area contributed by atoms with Gasteiger partial charge >= 0.3 is 0 Å². The van der Waals surface area contributed by atoms with E-state index in [4.69, 9.17) is 0 Å². The number of hydrogen-bond donors (Lipinski definition) is 0. The van der Waals surface area contributed by atoms with Crippen molar-refractivity contribution in [3.8, 4) is 0 Å². The third-order valence-electron chi connectivity index (χ3n) is 1.64. The Hall–Kier alpha value is -0.350. The van der Waals surface area contributed by atoms with E-state index in [-0.39, 0.29) is 0 Å². The highest BCUT2D eigenvalue weighted by molar-refractivity contribution is 7.41. The molecular formula is C10H17P. The molecule has 0 N–H and O–H groups in total. The van der Waals surface area contributed by atoms with E-state index in [2.05, 4.69) is 39.0 Å². The quantitative estimate of drug-likeness (QED) is 0.439. The first-order valence-electron chi connectivity index (χ1n) is 4.11. The largest absolute Gasteiger partial charge is 0.0956 e. The maximum absolute atomic E-state index is 4.01. The predicted molar refractivity (Wildman–Crippen MR) is 56.5 cm³/mol. The van der Waals surface area contributed by atoms with Crippen LogP contribution in [0.2, 0.25) is 0 Å². The minimum absolute atomic E-state index is 1.07. The lowest BCUT2D eigenvalue weighted by Gasteiger charge is -2.03. The smallest absolute Gasteiger partial charge is 0.0301 e. The molecule has 0 fully saturated rings. The second kappa shape index (κ2) is 6.37. The van der Waals surface area contributed by atoms with Gasteiger partial charge in [-0.2, -0.15) is 0 Å². The van der Waals surface area contributed by atoms with Crippen LogP contribution < -0.4 is 0 Å². The fraction of sp³-hybridized carbons (Fsp3) is 0.500. The van der Waals surface area contributed by atoms with E-state index in [1.807, 2.05) is 0 Å². The van der Waals surface area contributed by atoms with Gasteiger partial charge in [-0.25, -0.2) is 0 Å². The summed E-state index contributed by atoms with van der Waals surface area (Å²) in [6.07, 6.45) is 2.17. The molecule has 0 bridgehead atoms. The van der Waals surface area contributed by atoms with Gasteiger partial charge in [0.15, 0.2) is 0 Å². The van der Waals surface area contributed by atoms with Crippen LogP contribution in [-0.2, 0) is 0 Å². The molecule has 0 unspecified atom stereocenters. The summed E-state index contributed by atoms with van der Waals surface area (Å²) in [7, 11) is 1.29. The van der Waals surface area contributed by atoms with Crippen LogP contribution in [0.4, 0.5) is 0 Å². The maximum atomic E-state index is 4.01. The zero-order chi connectivity index (χ0) is 8.69. The highest BCUT2D eigenvalue weighted by Gasteiger charge is 1.94. The minimum atomic E-state index is 1.07. The lowest BCUT2D eigenvalue weighted by Crippen LogP contribution is -1.82. The molecule has 0 aliphatic heterocycles. The van der Waals surface area contributed by atoms with Crippen LogP contribution >= 0.6 is 8.20 Å². The van der Waals surface area contributed by atoms with Gasteiger partial charge in [-0.15, -0.1) is 0 Å². The molecule has 0 aromatic heterocycles. The molecule has 62 valence electrons. The topological polar surface area (TPSA) is 0 Å². The highest BCUT2D eigenvalue weighted by Crippen LogP contribution is 2.18. The molecule has 0 saturated carbocycles. The van der Waals surface area contributed by atoms with Crippen LogP contribution in [0.25, 0.3) is 0 Å². The van der Waals surface area contributed by atoms with E-state index < -0.39 is 0 Å². The Morgan fingerprint density at radius 3 is 2.36 bits per heavy atom. The maximum Gasteiger partial charge on any atom is -0.0301 e. The fourth-order valence-corrected chi connectivity index (χ4v) is 1.52. The molecule has 0 aliphatic rings. The Kier molecular flexibility index (Phi) is 6.16. The Bertz CT molecular complexity index is 175. The normalized spacial score (nSPS) is 12.5. The molecule has 0 atom stereocenters. The van der Waals surface area contributed by atoms with E-state index in [9.17, 15) is 0 Å². The van der Waals surface area contributed by atoms with Crippen molar-refractivity contribution >= 4 is 14.0 Å². The van der Waals surface area contributed by atoms with Crippen molar-refractivity contribution in [3.63, 3.8) is 0 Å². The van der Waals surface area contributed by atoms with Crippen molar-refractivity contribution in [2.45, 2.75) is 33.6 Å². The Morgan fingerprint density at radius 2 is 2.00 bits per heavy atom. The zero-order valence-electron chi connectivity index (χ0n) is 7.72. The molecule has 0 radical (unpaired) electrons. The van der Waals surface area contributed by atoms with E-state index in [0.29, 0.717) is 0 Å². The van der Waals surface area contributed by atoms with E-state index in [0.717, 1.165) is 12.8 Å². The SMILES string of the molecule is C=C(CC)/C(=C\P=CC)CC. The van der Waals surface area contributed by atoms with Gasteiger partial charge in [-0.3, -0.25) is 0 Å². The first-order valence-corrected chi connectivity index (χ1v) is 5.14. The summed E-state index contributed by atoms with van der Waals surface area (Å²) in [6, 6.07) is 0.